The fraction of sp³-hybridized carbons (Fsp3) is 0.500. The fourth-order valence-corrected chi connectivity index (χ4v) is 3.13. The van der Waals surface area contributed by atoms with Gasteiger partial charge in [-0.1, -0.05) is 6.07 Å². The van der Waals surface area contributed by atoms with Crippen LogP contribution in [0.4, 0.5) is 5.69 Å². The number of nitrogen functional groups attached to an aromatic ring is 1. The molecule has 102 valence electrons. The van der Waals surface area contributed by atoms with Gasteiger partial charge in [-0.25, -0.2) is 8.42 Å². The Bertz CT molecular complexity index is 511. The van der Waals surface area contributed by atoms with Crippen molar-refractivity contribution >= 4 is 27.9 Å². The highest BCUT2D eigenvalue weighted by molar-refractivity contribution is 7.90. The fourth-order valence-electron chi connectivity index (χ4n) is 2.28. The first-order chi connectivity index (χ1) is 7.98. The van der Waals surface area contributed by atoms with Crippen LogP contribution in [0.1, 0.15) is 24.3 Å². The van der Waals surface area contributed by atoms with Gasteiger partial charge in [-0.2, -0.15) is 0 Å². The number of nitrogens with one attached hydrogen (secondary N) is 1. The molecule has 0 unspecified atom stereocenters. The molecule has 18 heavy (non-hydrogen) atoms. The summed E-state index contributed by atoms with van der Waals surface area (Å²) < 4.78 is 23.2. The second kappa shape index (κ2) is 5.91. The Morgan fingerprint density at radius 1 is 1.28 bits per heavy atom. The second-order valence-electron chi connectivity index (χ2n) is 4.59. The molecule has 0 saturated carbocycles. The molecule has 6 heteroatoms. The summed E-state index contributed by atoms with van der Waals surface area (Å²) in [6, 6.07) is 5.38. The van der Waals surface area contributed by atoms with E-state index in [1.54, 1.807) is 12.1 Å². The van der Waals surface area contributed by atoms with E-state index in [1.807, 2.05) is 6.07 Å². The topological polar surface area (TPSA) is 72.2 Å². The van der Waals surface area contributed by atoms with E-state index in [4.69, 9.17) is 5.73 Å². The van der Waals surface area contributed by atoms with Crippen LogP contribution in [0.5, 0.6) is 0 Å². The van der Waals surface area contributed by atoms with Crippen molar-refractivity contribution in [1.82, 2.24) is 5.32 Å². The highest BCUT2D eigenvalue weighted by Crippen LogP contribution is 2.29. The van der Waals surface area contributed by atoms with Crippen LogP contribution in [-0.2, 0) is 9.84 Å². The quantitative estimate of drug-likeness (QED) is 0.811. The highest BCUT2D eigenvalue weighted by Gasteiger charge is 2.18. The monoisotopic (exact) mass is 290 g/mol. The minimum absolute atomic E-state index is 0. The Kier molecular flexibility index (Phi) is 5.01. The first-order valence-corrected chi connectivity index (χ1v) is 7.68. The van der Waals surface area contributed by atoms with E-state index in [0.29, 0.717) is 11.6 Å². The number of piperidine rings is 1. The van der Waals surface area contributed by atoms with Crippen LogP contribution in [0.2, 0.25) is 0 Å². The van der Waals surface area contributed by atoms with Crippen LogP contribution in [0, 0.1) is 0 Å². The zero-order valence-electron chi connectivity index (χ0n) is 10.3. The van der Waals surface area contributed by atoms with Crippen molar-refractivity contribution in [2.45, 2.75) is 23.7 Å². The summed E-state index contributed by atoms with van der Waals surface area (Å²) in [5.74, 6) is 0.442. The normalized spacial score (nSPS) is 17.2. The lowest BCUT2D eigenvalue weighted by Gasteiger charge is -2.23. The van der Waals surface area contributed by atoms with Crippen molar-refractivity contribution in [3.8, 4) is 0 Å². The van der Waals surface area contributed by atoms with Crippen molar-refractivity contribution in [3.63, 3.8) is 0 Å². The molecule has 0 amide bonds. The largest absolute Gasteiger partial charge is 0.398 e. The molecule has 1 aliphatic heterocycles. The molecule has 1 heterocycles. The Morgan fingerprint density at radius 3 is 2.44 bits per heavy atom. The third-order valence-corrected chi connectivity index (χ3v) is 4.40. The second-order valence-corrected chi connectivity index (χ2v) is 6.58. The van der Waals surface area contributed by atoms with E-state index in [1.165, 1.54) is 6.26 Å². The lowest BCUT2D eigenvalue weighted by Crippen LogP contribution is -2.26. The Morgan fingerprint density at radius 2 is 1.89 bits per heavy atom. The molecule has 1 aromatic carbocycles. The van der Waals surface area contributed by atoms with Crippen LogP contribution in [0.3, 0.4) is 0 Å². The van der Waals surface area contributed by atoms with Gasteiger partial charge in [0, 0.05) is 6.26 Å². The van der Waals surface area contributed by atoms with Gasteiger partial charge in [-0.15, -0.1) is 12.4 Å². The summed E-state index contributed by atoms with van der Waals surface area (Å²) in [6.45, 7) is 1.98. The summed E-state index contributed by atoms with van der Waals surface area (Å²) in [4.78, 5) is 0.258. The van der Waals surface area contributed by atoms with E-state index in [-0.39, 0.29) is 17.3 Å². The standard InChI is InChI=1S/C12H18N2O2S.ClH/c1-17(15,16)12-8-10(2-3-11(12)13)9-4-6-14-7-5-9;/h2-3,8-9,14H,4-7,13H2,1H3;1H. The number of benzene rings is 1. The Balaban J connectivity index is 0.00000162. The van der Waals surface area contributed by atoms with Crippen molar-refractivity contribution < 1.29 is 8.42 Å². The molecule has 1 aromatic rings. The van der Waals surface area contributed by atoms with E-state index < -0.39 is 9.84 Å². The highest BCUT2D eigenvalue weighted by atomic mass is 35.5. The lowest BCUT2D eigenvalue weighted by molar-refractivity contribution is 0.460. The minimum Gasteiger partial charge on any atom is -0.398 e. The van der Waals surface area contributed by atoms with Gasteiger partial charge in [0.2, 0.25) is 0 Å². The molecule has 1 fully saturated rings. The van der Waals surface area contributed by atoms with Crippen LogP contribution in [-0.4, -0.2) is 27.8 Å². The third-order valence-electron chi connectivity index (χ3n) is 3.25. The van der Waals surface area contributed by atoms with Crippen LogP contribution < -0.4 is 11.1 Å². The van der Waals surface area contributed by atoms with E-state index in [0.717, 1.165) is 31.5 Å². The average molecular weight is 291 g/mol. The number of sulfone groups is 1. The van der Waals surface area contributed by atoms with Gasteiger partial charge >= 0.3 is 0 Å². The summed E-state index contributed by atoms with van der Waals surface area (Å²) in [5, 5.41) is 3.30. The molecule has 3 N–H and O–H groups in total. The number of rotatable bonds is 2. The molecule has 4 nitrogen and oxygen atoms in total. The van der Waals surface area contributed by atoms with Crippen molar-refractivity contribution in [2.75, 3.05) is 25.1 Å². The third kappa shape index (κ3) is 3.37. The van der Waals surface area contributed by atoms with E-state index in [9.17, 15) is 8.42 Å². The van der Waals surface area contributed by atoms with Crippen molar-refractivity contribution in [2.24, 2.45) is 0 Å². The first-order valence-electron chi connectivity index (χ1n) is 5.78. The predicted octanol–water partition coefficient (Wildman–Crippen LogP) is 1.56. The number of hydrogen-bond acceptors (Lipinski definition) is 4. The van der Waals surface area contributed by atoms with E-state index in [2.05, 4.69) is 5.32 Å². The number of nitrogens with two attached hydrogens (primary N) is 1. The first kappa shape index (κ1) is 15.3. The van der Waals surface area contributed by atoms with Crippen LogP contribution in [0.25, 0.3) is 0 Å². The summed E-state index contributed by atoms with van der Waals surface area (Å²) in [7, 11) is -3.24. The average Bonchev–Trinajstić information content (AvgIpc) is 2.29. The zero-order valence-corrected chi connectivity index (χ0v) is 12.0. The maximum atomic E-state index is 11.6. The molecule has 0 aliphatic carbocycles. The molecule has 1 saturated heterocycles. The molecule has 0 atom stereocenters. The van der Waals surface area contributed by atoms with Gasteiger partial charge in [-0.3, -0.25) is 0 Å². The molecule has 1 aliphatic rings. The van der Waals surface area contributed by atoms with Crippen LogP contribution in [0.15, 0.2) is 23.1 Å². The Hall–Kier alpha value is -0.780. The molecular formula is C12H19ClN2O2S. The summed E-state index contributed by atoms with van der Waals surface area (Å²) in [5.41, 5.74) is 7.14. The van der Waals surface area contributed by atoms with Crippen molar-refractivity contribution in [3.05, 3.63) is 23.8 Å². The molecule has 0 bridgehead atoms. The molecule has 0 spiro atoms. The van der Waals surface area contributed by atoms with Gasteiger partial charge in [0.15, 0.2) is 9.84 Å². The summed E-state index contributed by atoms with van der Waals surface area (Å²) in [6.07, 6.45) is 3.30. The number of anilines is 1. The van der Waals surface area contributed by atoms with Gasteiger partial charge in [0.25, 0.3) is 0 Å². The van der Waals surface area contributed by atoms with Gasteiger partial charge in [-0.05, 0) is 49.5 Å². The predicted molar refractivity (Wildman–Crippen MR) is 76.1 cm³/mol. The lowest BCUT2D eigenvalue weighted by atomic mass is 9.90. The van der Waals surface area contributed by atoms with Crippen molar-refractivity contribution in [1.29, 1.82) is 0 Å². The van der Waals surface area contributed by atoms with Gasteiger partial charge in [0.1, 0.15) is 0 Å². The summed E-state index contributed by atoms with van der Waals surface area (Å²) >= 11 is 0. The zero-order chi connectivity index (χ0) is 12.5. The molecule has 2 rings (SSSR count). The maximum Gasteiger partial charge on any atom is 0.177 e. The number of halogens is 1. The molecule has 0 aromatic heterocycles. The van der Waals surface area contributed by atoms with Gasteiger partial charge < -0.3 is 11.1 Å². The molecular weight excluding hydrogens is 272 g/mol. The van der Waals surface area contributed by atoms with E-state index >= 15 is 0 Å². The van der Waals surface area contributed by atoms with Crippen LogP contribution >= 0.6 is 12.4 Å². The Labute approximate surface area is 114 Å². The molecule has 0 radical (unpaired) electrons. The smallest absolute Gasteiger partial charge is 0.177 e. The SMILES string of the molecule is CS(=O)(=O)c1cc(C2CCNCC2)ccc1N.Cl. The maximum absolute atomic E-state index is 11.6. The van der Waals surface area contributed by atoms with Gasteiger partial charge in [0.05, 0.1) is 10.6 Å². The minimum atomic E-state index is -3.24. The number of hydrogen-bond donors (Lipinski definition) is 2.